The molecule has 1 aliphatic rings. The molecule has 3 nitrogen and oxygen atoms in total. The number of thiazole rings is 1. The Bertz CT molecular complexity index is 338. The van der Waals surface area contributed by atoms with Crippen molar-refractivity contribution in [2.24, 2.45) is 0 Å². The van der Waals surface area contributed by atoms with E-state index in [0.29, 0.717) is 5.13 Å². The van der Waals surface area contributed by atoms with Crippen LogP contribution in [0.2, 0.25) is 0 Å². The molecule has 2 N–H and O–H groups in total. The largest absolute Gasteiger partial charge is 0.375 e. The second-order valence-electron chi connectivity index (χ2n) is 3.33. The maximum atomic E-state index is 5.59. The molecule has 0 unspecified atom stereocenters. The Morgan fingerprint density at radius 1 is 1.47 bits per heavy atom. The zero-order valence-corrected chi connectivity index (χ0v) is 10.9. The molecule has 6 heteroatoms. The van der Waals surface area contributed by atoms with Crippen molar-refractivity contribution in [2.75, 3.05) is 25.9 Å². The van der Waals surface area contributed by atoms with Crippen LogP contribution in [0.25, 0.3) is 5.57 Å². The molecule has 86 valence electrons. The van der Waals surface area contributed by atoms with Gasteiger partial charge in [0.25, 0.3) is 0 Å². The first kappa shape index (κ1) is 14.7. The average molecular weight is 268 g/mol. The fourth-order valence-electron chi connectivity index (χ4n) is 1.51. The second kappa shape index (κ2) is 6.33. The van der Waals surface area contributed by atoms with E-state index in [4.69, 9.17) is 5.73 Å². The summed E-state index contributed by atoms with van der Waals surface area (Å²) in [5, 5.41) is 2.68. The van der Waals surface area contributed by atoms with E-state index in [1.807, 2.05) is 5.38 Å². The van der Waals surface area contributed by atoms with E-state index in [2.05, 4.69) is 23.0 Å². The standard InChI is InChI=1S/C9H13N3S.2ClH/c1-12-4-2-3-7(5-12)8-6-13-9(10)11-8;;/h3,6H,2,4-5H2,1H3,(H2,10,11);2*1H. The molecule has 2 rings (SSSR count). The summed E-state index contributed by atoms with van der Waals surface area (Å²) in [6, 6.07) is 0. The lowest BCUT2D eigenvalue weighted by atomic mass is 10.1. The van der Waals surface area contributed by atoms with Gasteiger partial charge in [0.05, 0.1) is 5.69 Å². The summed E-state index contributed by atoms with van der Waals surface area (Å²) in [4.78, 5) is 6.57. The van der Waals surface area contributed by atoms with Crippen LogP contribution in [-0.2, 0) is 0 Å². The quantitative estimate of drug-likeness (QED) is 0.849. The number of nitrogen functional groups attached to an aromatic ring is 1. The van der Waals surface area contributed by atoms with E-state index in [-0.39, 0.29) is 24.8 Å². The Morgan fingerprint density at radius 2 is 2.20 bits per heavy atom. The zero-order chi connectivity index (χ0) is 9.26. The lowest BCUT2D eigenvalue weighted by Crippen LogP contribution is -2.25. The van der Waals surface area contributed by atoms with Crippen LogP contribution in [0.5, 0.6) is 0 Å². The van der Waals surface area contributed by atoms with Crippen molar-refractivity contribution < 1.29 is 0 Å². The first-order valence-electron chi connectivity index (χ1n) is 4.34. The van der Waals surface area contributed by atoms with Crippen LogP contribution in [0, 0.1) is 0 Å². The highest BCUT2D eigenvalue weighted by Crippen LogP contribution is 2.22. The lowest BCUT2D eigenvalue weighted by molar-refractivity contribution is 0.372. The van der Waals surface area contributed by atoms with E-state index < -0.39 is 0 Å². The van der Waals surface area contributed by atoms with Gasteiger partial charge in [-0.2, -0.15) is 0 Å². The predicted octanol–water partition coefficient (Wildman–Crippen LogP) is 2.29. The SMILES string of the molecule is CN1CCC=C(c2csc(N)n2)C1.Cl.Cl. The molecule has 1 aromatic rings. The minimum atomic E-state index is 0. The third-order valence-corrected chi connectivity index (χ3v) is 2.87. The third-order valence-electron chi connectivity index (χ3n) is 2.19. The van der Waals surface area contributed by atoms with Crippen LogP contribution in [-0.4, -0.2) is 30.0 Å². The van der Waals surface area contributed by atoms with Gasteiger partial charge in [-0.25, -0.2) is 4.98 Å². The molecule has 0 amide bonds. The highest BCUT2D eigenvalue weighted by atomic mass is 35.5. The molecule has 0 spiro atoms. The van der Waals surface area contributed by atoms with Gasteiger partial charge in [0.15, 0.2) is 5.13 Å². The van der Waals surface area contributed by atoms with Crippen molar-refractivity contribution in [2.45, 2.75) is 6.42 Å². The molecule has 1 aliphatic heterocycles. The first-order chi connectivity index (χ1) is 6.25. The van der Waals surface area contributed by atoms with Crippen molar-refractivity contribution >= 4 is 46.9 Å². The lowest BCUT2D eigenvalue weighted by Gasteiger charge is -2.21. The van der Waals surface area contributed by atoms with Gasteiger partial charge >= 0.3 is 0 Å². The van der Waals surface area contributed by atoms with Gasteiger partial charge in [-0.15, -0.1) is 36.2 Å². The number of hydrogen-bond donors (Lipinski definition) is 1. The van der Waals surface area contributed by atoms with Gasteiger partial charge < -0.3 is 10.6 Å². The molecule has 2 heterocycles. The van der Waals surface area contributed by atoms with Crippen LogP contribution >= 0.6 is 36.2 Å². The third kappa shape index (κ3) is 3.65. The topological polar surface area (TPSA) is 42.1 Å². The Hall–Kier alpha value is -0.290. The second-order valence-corrected chi connectivity index (χ2v) is 4.22. The van der Waals surface area contributed by atoms with Gasteiger partial charge in [-0.05, 0) is 19.0 Å². The van der Waals surface area contributed by atoms with Crippen LogP contribution in [0.3, 0.4) is 0 Å². The van der Waals surface area contributed by atoms with Gasteiger partial charge in [0.2, 0.25) is 0 Å². The van der Waals surface area contributed by atoms with Crippen molar-refractivity contribution in [3.63, 3.8) is 0 Å². The number of hydrogen-bond acceptors (Lipinski definition) is 4. The van der Waals surface area contributed by atoms with E-state index in [0.717, 1.165) is 25.2 Å². The molecule has 0 aromatic carbocycles. The van der Waals surface area contributed by atoms with E-state index in [1.54, 1.807) is 0 Å². The van der Waals surface area contributed by atoms with Crippen molar-refractivity contribution in [3.8, 4) is 0 Å². The predicted molar refractivity (Wildman–Crippen MR) is 71.1 cm³/mol. The number of nitrogens with two attached hydrogens (primary N) is 1. The monoisotopic (exact) mass is 267 g/mol. The van der Waals surface area contributed by atoms with Crippen LogP contribution in [0.15, 0.2) is 11.5 Å². The van der Waals surface area contributed by atoms with Crippen LogP contribution in [0.4, 0.5) is 5.13 Å². The molecule has 0 saturated heterocycles. The molecule has 0 radical (unpaired) electrons. The Morgan fingerprint density at radius 3 is 2.73 bits per heavy atom. The van der Waals surface area contributed by atoms with Crippen molar-refractivity contribution in [1.82, 2.24) is 9.88 Å². The number of likely N-dealkylation sites (N-methyl/N-ethyl adjacent to an activating group) is 1. The summed E-state index contributed by atoms with van der Waals surface area (Å²) in [6.07, 6.45) is 3.37. The maximum Gasteiger partial charge on any atom is 0.180 e. The first-order valence-corrected chi connectivity index (χ1v) is 5.22. The Kier molecular flexibility index (Phi) is 6.20. The summed E-state index contributed by atoms with van der Waals surface area (Å²) >= 11 is 1.51. The van der Waals surface area contributed by atoms with E-state index in [9.17, 15) is 0 Å². The summed E-state index contributed by atoms with van der Waals surface area (Å²) in [5.41, 5.74) is 7.94. The normalized spacial score (nSPS) is 16.2. The van der Waals surface area contributed by atoms with Crippen LogP contribution < -0.4 is 5.73 Å². The highest BCUT2D eigenvalue weighted by Gasteiger charge is 2.12. The highest BCUT2D eigenvalue weighted by molar-refractivity contribution is 7.13. The number of nitrogens with zero attached hydrogens (tertiary/aromatic N) is 2. The van der Waals surface area contributed by atoms with Gasteiger partial charge in [0.1, 0.15) is 0 Å². The summed E-state index contributed by atoms with van der Waals surface area (Å²) in [7, 11) is 2.13. The maximum absolute atomic E-state index is 5.59. The minimum Gasteiger partial charge on any atom is -0.375 e. The van der Waals surface area contributed by atoms with E-state index >= 15 is 0 Å². The smallest absolute Gasteiger partial charge is 0.180 e. The molecule has 0 fully saturated rings. The van der Waals surface area contributed by atoms with Gasteiger partial charge in [-0.1, -0.05) is 6.08 Å². The van der Waals surface area contributed by atoms with Crippen LogP contribution in [0.1, 0.15) is 12.1 Å². The molecule has 0 atom stereocenters. The molecule has 15 heavy (non-hydrogen) atoms. The van der Waals surface area contributed by atoms with Gasteiger partial charge in [-0.3, -0.25) is 0 Å². The molecular formula is C9H15Cl2N3S. The van der Waals surface area contributed by atoms with Crippen molar-refractivity contribution in [3.05, 3.63) is 17.2 Å². The summed E-state index contributed by atoms with van der Waals surface area (Å²) in [5.74, 6) is 0. The minimum absolute atomic E-state index is 0. The summed E-state index contributed by atoms with van der Waals surface area (Å²) in [6.45, 7) is 2.13. The number of anilines is 1. The molecular weight excluding hydrogens is 253 g/mol. The van der Waals surface area contributed by atoms with Gasteiger partial charge in [0, 0.05) is 18.5 Å². The fraction of sp³-hybridized carbons (Fsp3) is 0.444. The fourth-order valence-corrected chi connectivity index (χ4v) is 2.10. The van der Waals surface area contributed by atoms with Crippen molar-refractivity contribution in [1.29, 1.82) is 0 Å². The summed E-state index contributed by atoms with van der Waals surface area (Å²) < 4.78 is 0. The average Bonchev–Trinajstić information content (AvgIpc) is 2.52. The Labute approximate surface area is 106 Å². The van der Waals surface area contributed by atoms with E-state index in [1.165, 1.54) is 16.9 Å². The Balaban J connectivity index is 0.000000980. The molecule has 0 aliphatic carbocycles. The number of rotatable bonds is 1. The number of aromatic nitrogens is 1. The zero-order valence-electron chi connectivity index (χ0n) is 8.47. The number of halogens is 2. The molecule has 1 aromatic heterocycles. The molecule has 0 bridgehead atoms. The molecule has 0 saturated carbocycles.